The number of rotatable bonds is 6. The minimum atomic E-state index is -0.646. The number of hydrogen-bond donors (Lipinski definition) is 2. The summed E-state index contributed by atoms with van der Waals surface area (Å²) in [6.45, 7) is 2.49. The fourth-order valence-electron chi connectivity index (χ4n) is 1.55. The normalized spacial score (nSPS) is 10.4. The second-order valence-corrected chi connectivity index (χ2v) is 4.24. The predicted octanol–water partition coefficient (Wildman–Crippen LogP) is 2.13. The molecule has 0 radical (unpaired) electrons. The lowest BCUT2D eigenvalue weighted by Crippen LogP contribution is -2.10. The molecular formula is C13H15F2N5O. The van der Waals surface area contributed by atoms with E-state index in [-0.39, 0.29) is 30.0 Å². The van der Waals surface area contributed by atoms with E-state index in [4.69, 9.17) is 10.5 Å². The van der Waals surface area contributed by atoms with Crippen molar-refractivity contribution in [2.24, 2.45) is 0 Å². The molecule has 0 aliphatic heterocycles. The molecule has 21 heavy (non-hydrogen) atoms. The van der Waals surface area contributed by atoms with E-state index >= 15 is 0 Å². The third kappa shape index (κ3) is 4.23. The van der Waals surface area contributed by atoms with Crippen molar-refractivity contribution in [1.29, 1.82) is 0 Å². The number of nitrogens with one attached hydrogen (secondary N) is 1. The van der Waals surface area contributed by atoms with Gasteiger partial charge in [-0.25, -0.2) is 8.78 Å². The predicted molar refractivity (Wildman–Crippen MR) is 73.7 cm³/mol. The first-order chi connectivity index (χ1) is 10.1. The third-order valence-corrected chi connectivity index (χ3v) is 2.52. The summed E-state index contributed by atoms with van der Waals surface area (Å²) in [7, 11) is 0. The summed E-state index contributed by atoms with van der Waals surface area (Å²) in [5.41, 5.74) is 5.83. The van der Waals surface area contributed by atoms with Crippen LogP contribution in [-0.2, 0) is 6.54 Å². The Morgan fingerprint density at radius 1 is 1.24 bits per heavy atom. The molecule has 2 rings (SSSR count). The number of anilines is 2. The average molecular weight is 295 g/mol. The first kappa shape index (κ1) is 14.9. The summed E-state index contributed by atoms with van der Waals surface area (Å²) >= 11 is 0. The Hall–Kier alpha value is -2.51. The molecule has 0 bridgehead atoms. The number of nitrogen functional groups attached to an aromatic ring is 1. The molecule has 0 fully saturated rings. The first-order valence-electron chi connectivity index (χ1n) is 6.40. The summed E-state index contributed by atoms with van der Waals surface area (Å²) < 4.78 is 31.6. The van der Waals surface area contributed by atoms with Gasteiger partial charge in [0, 0.05) is 18.2 Å². The van der Waals surface area contributed by atoms with Crippen molar-refractivity contribution in [1.82, 2.24) is 15.0 Å². The number of halogens is 2. The molecule has 1 heterocycles. The van der Waals surface area contributed by atoms with Crippen molar-refractivity contribution in [2.75, 3.05) is 17.7 Å². The highest BCUT2D eigenvalue weighted by molar-refractivity contribution is 5.34. The smallest absolute Gasteiger partial charge is 0.323 e. The van der Waals surface area contributed by atoms with Crippen LogP contribution < -0.4 is 15.8 Å². The number of nitrogens with zero attached hydrogens (tertiary/aromatic N) is 3. The Labute approximate surface area is 120 Å². The average Bonchev–Trinajstić information content (AvgIpc) is 2.43. The minimum Gasteiger partial charge on any atom is -0.463 e. The van der Waals surface area contributed by atoms with Gasteiger partial charge >= 0.3 is 6.01 Å². The van der Waals surface area contributed by atoms with Crippen LogP contribution in [-0.4, -0.2) is 21.6 Å². The molecule has 1 aromatic heterocycles. The molecule has 2 aromatic rings. The van der Waals surface area contributed by atoms with Crippen molar-refractivity contribution >= 4 is 11.9 Å². The number of hydrogen-bond acceptors (Lipinski definition) is 6. The van der Waals surface area contributed by atoms with Crippen molar-refractivity contribution in [3.05, 3.63) is 35.4 Å². The molecule has 0 aliphatic carbocycles. The van der Waals surface area contributed by atoms with E-state index < -0.39 is 11.6 Å². The Morgan fingerprint density at radius 3 is 2.76 bits per heavy atom. The van der Waals surface area contributed by atoms with E-state index in [2.05, 4.69) is 20.3 Å². The van der Waals surface area contributed by atoms with Crippen LogP contribution >= 0.6 is 0 Å². The zero-order valence-corrected chi connectivity index (χ0v) is 11.4. The summed E-state index contributed by atoms with van der Waals surface area (Å²) in [4.78, 5) is 11.7. The Kier molecular flexibility index (Phi) is 4.81. The molecule has 112 valence electrons. The second kappa shape index (κ2) is 6.78. The van der Waals surface area contributed by atoms with Crippen molar-refractivity contribution < 1.29 is 13.5 Å². The van der Waals surface area contributed by atoms with Crippen LogP contribution in [0.4, 0.5) is 20.7 Å². The van der Waals surface area contributed by atoms with E-state index in [1.807, 2.05) is 6.92 Å². The molecule has 3 N–H and O–H groups in total. The summed E-state index contributed by atoms with van der Waals surface area (Å²) in [6, 6.07) is 3.44. The lowest BCUT2D eigenvalue weighted by molar-refractivity contribution is 0.292. The quantitative estimate of drug-likeness (QED) is 0.849. The molecule has 0 amide bonds. The fraction of sp³-hybridized carbons (Fsp3) is 0.308. The van der Waals surface area contributed by atoms with Crippen molar-refractivity contribution in [2.45, 2.75) is 19.9 Å². The van der Waals surface area contributed by atoms with Gasteiger partial charge in [-0.3, -0.25) is 0 Å². The third-order valence-electron chi connectivity index (χ3n) is 2.52. The number of nitrogens with two attached hydrogens (primary N) is 1. The molecule has 8 heteroatoms. The van der Waals surface area contributed by atoms with E-state index in [1.165, 1.54) is 12.1 Å². The summed E-state index contributed by atoms with van der Waals surface area (Å²) in [5.74, 6) is -1.11. The summed E-state index contributed by atoms with van der Waals surface area (Å²) in [5, 5.41) is 2.79. The van der Waals surface area contributed by atoms with Gasteiger partial charge < -0.3 is 15.8 Å². The van der Waals surface area contributed by atoms with Gasteiger partial charge in [-0.05, 0) is 12.5 Å². The molecule has 0 unspecified atom stereocenters. The fourth-order valence-corrected chi connectivity index (χ4v) is 1.55. The standard InChI is InChI=1S/C13H15F2N5O/c1-2-5-21-13-19-11(16)18-12(20-13)17-7-8-3-4-9(14)6-10(8)15/h3-4,6H,2,5,7H2,1H3,(H3,16,17,18,19,20). The maximum Gasteiger partial charge on any atom is 0.323 e. The summed E-state index contributed by atoms with van der Waals surface area (Å²) in [6.07, 6.45) is 0.801. The topological polar surface area (TPSA) is 86.0 Å². The molecule has 0 saturated heterocycles. The van der Waals surface area contributed by atoms with Crippen LogP contribution in [0.2, 0.25) is 0 Å². The van der Waals surface area contributed by atoms with Gasteiger partial charge in [0.15, 0.2) is 0 Å². The van der Waals surface area contributed by atoms with Gasteiger partial charge in [0.05, 0.1) is 6.61 Å². The lowest BCUT2D eigenvalue weighted by atomic mass is 10.2. The van der Waals surface area contributed by atoms with Gasteiger partial charge in [0.25, 0.3) is 0 Å². The second-order valence-electron chi connectivity index (χ2n) is 4.24. The number of benzene rings is 1. The Morgan fingerprint density at radius 2 is 2.05 bits per heavy atom. The lowest BCUT2D eigenvalue weighted by Gasteiger charge is -2.08. The van der Waals surface area contributed by atoms with E-state index in [9.17, 15) is 8.78 Å². The van der Waals surface area contributed by atoms with Crippen LogP contribution in [0.3, 0.4) is 0 Å². The van der Waals surface area contributed by atoms with Crippen LogP contribution in [0.15, 0.2) is 18.2 Å². The Balaban J connectivity index is 2.07. The number of aromatic nitrogens is 3. The van der Waals surface area contributed by atoms with E-state index in [0.29, 0.717) is 6.61 Å². The van der Waals surface area contributed by atoms with Crippen molar-refractivity contribution in [3.63, 3.8) is 0 Å². The molecule has 0 saturated carbocycles. The monoisotopic (exact) mass is 295 g/mol. The van der Waals surface area contributed by atoms with Gasteiger partial charge in [0.1, 0.15) is 11.6 Å². The Bertz CT molecular complexity index is 624. The van der Waals surface area contributed by atoms with Gasteiger partial charge in [-0.1, -0.05) is 13.0 Å². The van der Waals surface area contributed by atoms with Gasteiger partial charge in [-0.2, -0.15) is 15.0 Å². The van der Waals surface area contributed by atoms with Gasteiger partial charge in [-0.15, -0.1) is 0 Å². The maximum absolute atomic E-state index is 13.5. The molecule has 1 aromatic carbocycles. The van der Waals surface area contributed by atoms with Crippen LogP contribution in [0, 0.1) is 11.6 Å². The zero-order chi connectivity index (χ0) is 15.2. The van der Waals surface area contributed by atoms with Crippen LogP contribution in [0.25, 0.3) is 0 Å². The molecule has 0 spiro atoms. The molecule has 6 nitrogen and oxygen atoms in total. The molecule has 0 aliphatic rings. The SMILES string of the molecule is CCCOc1nc(N)nc(NCc2ccc(F)cc2F)n1. The van der Waals surface area contributed by atoms with Crippen molar-refractivity contribution in [3.8, 4) is 6.01 Å². The largest absolute Gasteiger partial charge is 0.463 e. The zero-order valence-electron chi connectivity index (χ0n) is 11.4. The van der Waals surface area contributed by atoms with E-state index in [0.717, 1.165) is 12.5 Å². The first-order valence-corrected chi connectivity index (χ1v) is 6.40. The van der Waals surface area contributed by atoms with Gasteiger partial charge in [0.2, 0.25) is 11.9 Å². The van der Waals surface area contributed by atoms with E-state index in [1.54, 1.807) is 0 Å². The van der Waals surface area contributed by atoms with Crippen LogP contribution in [0.5, 0.6) is 6.01 Å². The maximum atomic E-state index is 13.5. The number of ether oxygens (including phenoxy) is 1. The molecule has 0 atom stereocenters. The highest BCUT2D eigenvalue weighted by atomic mass is 19.1. The minimum absolute atomic E-state index is 0.00168. The van der Waals surface area contributed by atoms with Crippen LogP contribution in [0.1, 0.15) is 18.9 Å². The highest BCUT2D eigenvalue weighted by Gasteiger charge is 2.07. The molecular weight excluding hydrogens is 280 g/mol. The highest BCUT2D eigenvalue weighted by Crippen LogP contribution is 2.13.